The number of carbonyl (C=O) groups is 1. The summed E-state index contributed by atoms with van der Waals surface area (Å²) in [6, 6.07) is 8.39. The highest BCUT2D eigenvalue weighted by atomic mass is 32.2. The third-order valence-corrected chi connectivity index (χ3v) is 5.45. The fourth-order valence-electron chi connectivity index (χ4n) is 2.07. The monoisotopic (exact) mass is 246 g/mol. The summed E-state index contributed by atoms with van der Waals surface area (Å²) in [6.07, 6.45) is 0. The summed E-state index contributed by atoms with van der Waals surface area (Å²) in [6.45, 7) is 3.69. The van der Waals surface area contributed by atoms with Crippen LogP contribution < -0.4 is 0 Å². The molecule has 0 atom stereocenters. The summed E-state index contributed by atoms with van der Waals surface area (Å²) in [5, 5.41) is 2.56. The van der Waals surface area contributed by atoms with E-state index in [1.807, 2.05) is 0 Å². The number of hydrogen-bond acceptors (Lipinski definition) is 3. The first-order valence-electron chi connectivity index (χ1n) is 5.10. The van der Waals surface area contributed by atoms with Crippen LogP contribution in [0, 0.1) is 6.92 Å². The SMILES string of the molecule is CC(=O)c1sc2sc3ccccc3c2c1C. The summed E-state index contributed by atoms with van der Waals surface area (Å²) < 4.78 is 2.57. The molecule has 0 spiro atoms. The smallest absolute Gasteiger partial charge is 0.170 e. The van der Waals surface area contributed by atoms with E-state index in [4.69, 9.17) is 0 Å². The molecule has 0 fully saturated rings. The van der Waals surface area contributed by atoms with Crippen LogP contribution in [0.2, 0.25) is 0 Å². The van der Waals surface area contributed by atoms with Crippen molar-refractivity contribution in [2.75, 3.05) is 0 Å². The second kappa shape index (κ2) is 3.40. The minimum Gasteiger partial charge on any atom is -0.294 e. The van der Waals surface area contributed by atoms with Crippen molar-refractivity contribution in [2.45, 2.75) is 13.8 Å². The molecule has 80 valence electrons. The Kier molecular flexibility index (Phi) is 2.13. The Bertz CT molecular complexity index is 703. The Morgan fingerprint density at radius 2 is 1.94 bits per heavy atom. The third kappa shape index (κ3) is 1.25. The molecule has 1 nitrogen and oxygen atoms in total. The highest BCUT2D eigenvalue weighted by Gasteiger charge is 2.16. The van der Waals surface area contributed by atoms with Gasteiger partial charge in [-0.15, -0.1) is 22.7 Å². The molecular weight excluding hydrogens is 236 g/mol. The molecule has 3 aromatic rings. The number of rotatable bonds is 1. The first-order chi connectivity index (χ1) is 7.68. The lowest BCUT2D eigenvalue weighted by Crippen LogP contribution is -1.88. The van der Waals surface area contributed by atoms with E-state index < -0.39 is 0 Å². The molecular formula is C13H10OS2. The fraction of sp³-hybridized carbons (Fsp3) is 0.154. The summed E-state index contributed by atoms with van der Waals surface area (Å²) in [4.78, 5) is 12.4. The predicted octanol–water partition coefficient (Wildman–Crippen LogP) is 4.63. The number of Topliss-reactive ketones (excluding diaryl/α,β-unsaturated/α-hetero) is 1. The van der Waals surface area contributed by atoms with Gasteiger partial charge in [0.25, 0.3) is 0 Å². The van der Waals surface area contributed by atoms with Gasteiger partial charge in [0.1, 0.15) is 0 Å². The molecule has 0 aliphatic rings. The molecule has 0 saturated carbocycles. The van der Waals surface area contributed by atoms with Crippen LogP contribution in [0.1, 0.15) is 22.2 Å². The molecule has 0 aliphatic carbocycles. The molecule has 0 aliphatic heterocycles. The van der Waals surface area contributed by atoms with Crippen molar-refractivity contribution in [3.8, 4) is 0 Å². The first-order valence-corrected chi connectivity index (χ1v) is 6.73. The zero-order chi connectivity index (χ0) is 11.3. The molecule has 0 N–H and O–H groups in total. The van der Waals surface area contributed by atoms with E-state index in [-0.39, 0.29) is 5.78 Å². The maximum atomic E-state index is 11.5. The lowest BCUT2D eigenvalue weighted by atomic mass is 10.1. The maximum Gasteiger partial charge on any atom is 0.170 e. The summed E-state index contributed by atoms with van der Waals surface area (Å²) in [7, 11) is 0. The van der Waals surface area contributed by atoms with Gasteiger partial charge in [0.2, 0.25) is 0 Å². The average Bonchev–Trinajstić information content (AvgIpc) is 2.75. The number of fused-ring (bicyclic) bond motifs is 3. The van der Waals surface area contributed by atoms with Gasteiger partial charge in [-0.25, -0.2) is 0 Å². The van der Waals surface area contributed by atoms with Gasteiger partial charge < -0.3 is 0 Å². The normalized spacial score (nSPS) is 11.4. The number of hydrogen-bond donors (Lipinski definition) is 0. The minimum absolute atomic E-state index is 0.176. The summed E-state index contributed by atoms with van der Waals surface area (Å²) >= 11 is 3.41. The molecule has 0 amide bonds. The topological polar surface area (TPSA) is 17.1 Å². The van der Waals surface area contributed by atoms with Crippen molar-refractivity contribution < 1.29 is 4.79 Å². The van der Waals surface area contributed by atoms with Crippen LogP contribution in [-0.4, -0.2) is 5.78 Å². The maximum absolute atomic E-state index is 11.5. The number of thiophene rings is 2. The molecule has 3 rings (SSSR count). The molecule has 0 bridgehead atoms. The average molecular weight is 246 g/mol. The van der Waals surface area contributed by atoms with E-state index >= 15 is 0 Å². The zero-order valence-corrected chi connectivity index (χ0v) is 10.7. The van der Waals surface area contributed by atoms with Crippen LogP contribution in [0.5, 0.6) is 0 Å². The van der Waals surface area contributed by atoms with Crippen LogP contribution >= 0.6 is 22.7 Å². The predicted molar refractivity (Wildman–Crippen MR) is 71.9 cm³/mol. The molecule has 3 heteroatoms. The summed E-state index contributed by atoms with van der Waals surface area (Å²) in [5.74, 6) is 0.176. The second-order valence-electron chi connectivity index (χ2n) is 3.87. The fourth-order valence-corrected chi connectivity index (χ4v) is 4.70. The third-order valence-electron chi connectivity index (χ3n) is 2.79. The highest BCUT2D eigenvalue weighted by Crippen LogP contribution is 2.42. The molecule has 0 saturated heterocycles. The number of carbonyl (C=O) groups excluding carboxylic acids is 1. The van der Waals surface area contributed by atoms with E-state index in [1.165, 1.54) is 19.5 Å². The summed E-state index contributed by atoms with van der Waals surface area (Å²) in [5.41, 5.74) is 1.14. The van der Waals surface area contributed by atoms with Gasteiger partial charge in [-0.05, 0) is 25.5 Å². The van der Waals surface area contributed by atoms with E-state index in [9.17, 15) is 4.79 Å². The van der Waals surface area contributed by atoms with Crippen molar-refractivity contribution in [1.82, 2.24) is 0 Å². The van der Waals surface area contributed by atoms with Crippen molar-refractivity contribution in [3.05, 3.63) is 34.7 Å². The quantitative estimate of drug-likeness (QED) is 0.572. The van der Waals surface area contributed by atoms with Crippen LogP contribution in [-0.2, 0) is 0 Å². The lowest BCUT2D eigenvalue weighted by Gasteiger charge is -1.93. The first kappa shape index (κ1) is 10.00. The van der Waals surface area contributed by atoms with E-state index in [2.05, 4.69) is 31.2 Å². The van der Waals surface area contributed by atoms with Crippen LogP contribution in [0.25, 0.3) is 19.5 Å². The number of aryl methyl sites for hydroxylation is 1. The Morgan fingerprint density at radius 3 is 2.69 bits per heavy atom. The van der Waals surface area contributed by atoms with Crippen LogP contribution in [0.4, 0.5) is 0 Å². The minimum atomic E-state index is 0.176. The van der Waals surface area contributed by atoms with Gasteiger partial charge in [-0.2, -0.15) is 0 Å². The van der Waals surface area contributed by atoms with Gasteiger partial charge in [-0.1, -0.05) is 18.2 Å². The van der Waals surface area contributed by atoms with Crippen molar-refractivity contribution in [3.63, 3.8) is 0 Å². The molecule has 1 aromatic carbocycles. The Labute approximate surface area is 101 Å². The largest absolute Gasteiger partial charge is 0.294 e. The van der Waals surface area contributed by atoms with Crippen molar-refractivity contribution in [1.29, 1.82) is 0 Å². The van der Waals surface area contributed by atoms with Crippen LogP contribution in [0.15, 0.2) is 24.3 Å². The zero-order valence-electron chi connectivity index (χ0n) is 9.03. The molecule has 0 radical (unpaired) electrons. The van der Waals surface area contributed by atoms with E-state index in [0.29, 0.717) is 0 Å². The van der Waals surface area contributed by atoms with Gasteiger partial charge in [0, 0.05) is 15.5 Å². The molecule has 16 heavy (non-hydrogen) atoms. The van der Waals surface area contributed by atoms with Crippen LogP contribution in [0.3, 0.4) is 0 Å². The molecule has 2 heterocycles. The second-order valence-corrected chi connectivity index (χ2v) is 6.20. The van der Waals surface area contributed by atoms with Crippen molar-refractivity contribution >= 4 is 47.9 Å². The van der Waals surface area contributed by atoms with Gasteiger partial charge in [0.15, 0.2) is 5.78 Å². The van der Waals surface area contributed by atoms with Gasteiger partial charge in [-0.3, -0.25) is 4.79 Å². The number of benzene rings is 1. The van der Waals surface area contributed by atoms with E-state index in [0.717, 1.165) is 10.4 Å². The Balaban J connectivity index is 2.50. The molecule has 2 aromatic heterocycles. The van der Waals surface area contributed by atoms with Gasteiger partial charge in [0.05, 0.1) is 8.89 Å². The Hall–Kier alpha value is -1.19. The number of ketones is 1. The highest BCUT2D eigenvalue weighted by molar-refractivity contribution is 7.42. The molecule has 0 unspecified atom stereocenters. The van der Waals surface area contributed by atoms with E-state index in [1.54, 1.807) is 29.6 Å². The lowest BCUT2D eigenvalue weighted by molar-refractivity contribution is 0.102. The van der Waals surface area contributed by atoms with Crippen molar-refractivity contribution in [2.24, 2.45) is 0 Å². The Morgan fingerprint density at radius 1 is 1.19 bits per heavy atom. The van der Waals surface area contributed by atoms with Gasteiger partial charge >= 0.3 is 0 Å². The standard InChI is InChI=1S/C13H10OS2/c1-7-11-9-5-3-4-6-10(9)15-13(11)16-12(7)8(2)14/h3-6H,1-2H3.